The molecule has 0 fully saturated rings. The molecule has 0 aliphatic rings. The third kappa shape index (κ3) is 2.39. The Kier molecular flexibility index (Phi) is 3.40. The highest BCUT2D eigenvalue weighted by molar-refractivity contribution is 5.86. The van der Waals surface area contributed by atoms with Gasteiger partial charge in [-0.1, -0.05) is 39.8 Å². The Hall–Kier alpha value is -1.41. The lowest BCUT2D eigenvalue weighted by molar-refractivity contribution is 0.593. The number of hydrogen-bond donors (Lipinski definition) is 1. The fourth-order valence-corrected chi connectivity index (χ4v) is 2.24. The van der Waals surface area contributed by atoms with Crippen molar-refractivity contribution in [2.75, 3.05) is 6.54 Å². The molecule has 0 spiro atoms. The summed E-state index contributed by atoms with van der Waals surface area (Å²) in [6.45, 7) is 9.50. The van der Waals surface area contributed by atoms with Crippen LogP contribution in [0.2, 0.25) is 0 Å². The first-order valence-electron chi connectivity index (χ1n) is 6.51. The standard InChI is InChI=1S/C16H22N2/c1-11(8-17)12-5-6-14-13(7-12)9-18-10-15(14)16(2,3)4/h5-7,9-11H,8,17H2,1-4H3. The molecule has 1 atom stereocenters. The van der Waals surface area contributed by atoms with Crippen LogP contribution < -0.4 is 5.73 Å². The number of nitrogens with two attached hydrogens (primary N) is 1. The average molecular weight is 242 g/mol. The molecule has 18 heavy (non-hydrogen) atoms. The predicted octanol–water partition coefficient (Wildman–Crippen LogP) is 3.59. The van der Waals surface area contributed by atoms with Gasteiger partial charge < -0.3 is 5.73 Å². The minimum absolute atomic E-state index is 0.119. The van der Waals surface area contributed by atoms with Crippen LogP contribution in [0.3, 0.4) is 0 Å². The highest BCUT2D eigenvalue weighted by Crippen LogP contribution is 2.30. The summed E-state index contributed by atoms with van der Waals surface area (Å²) in [6.07, 6.45) is 3.92. The molecular formula is C16H22N2. The molecule has 0 bridgehead atoms. The molecule has 96 valence electrons. The number of benzene rings is 1. The highest BCUT2D eigenvalue weighted by Gasteiger charge is 2.17. The zero-order chi connectivity index (χ0) is 13.3. The Balaban J connectivity index is 2.61. The lowest BCUT2D eigenvalue weighted by Gasteiger charge is -2.21. The summed E-state index contributed by atoms with van der Waals surface area (Å²) in [5, 5.41) is 2.51. The van der Waals surface area contributed by atoms with Gasteiger partial charge in [0.05, 0.1) is 0 Å². The van der Waals surface area contributed by atoms with Gasteiger partial charge in [-0.3, -0.25) is 4.98 Å². The fraction of sp³-hybridized carbons (Fsp3) is 0.438. The molecule has 2 N–H and O–H groups in total. The first kappa shape index (κ1) is 13.0. The molecule has 2 aromatic rings. The van der Waals surface area contributed by atoms with E-state index in [9.17, 15) is 0 Å². The molecule has 1 unspecified atom stereocenters. The van der Waals surface area contributed by atoms with E-state index in [4.69, 9.17) is 5.73 Å². The molecular weight excluding hydrogens is 220 g/mol. The van der Waals surface area contributed by atoms with Gasteiger partial charge in [0.2, 0.25) is 0 Å². The molecule has 1 heterocycles. The van der Waals surface area contributed by atoms with Gasteiger partial charge >= 0.3 is 0 Å². The summed E-state index contributed by atoms with van der Waals surface area (Å²) in [5.41, 5.74) is 8.44. The number of rotatable bonds is 2. The van der Waals surface area contributed by atoms with Crippen molar-refractivity contribution in [1.82, 2.24) is 4.98 Å². The molecule has 0 aliphatic carbocycles. The van der Waals surface area contributed by atoms with Crippen molar-refractivity contribution in [3.63, 3.8) is 0 Å². The van der Waals surface area contributed by atoms with E-state index in [2.05, 4.69) is 50.9 Å². The van der Waals surface area contributed by atoms with Crippen LogP contribution in [0.4, 0.5) is 0 Å². The minimum atomic E-state index is 0.119. The largest absolute Gasteiger partial charge is 0.330 e. The van der Waals surface area contributed by atoms with Gasteiger partial charge in [0, 0.05) is 17.8 Å². The average Bonchev–Trinajstić information content (AvgIpc) is 2.35. The summed E-state index contributed by atoms with van der Waals surface area (Å²) < 4.78 is 0. The van der Waals surface area contributed by atoms with Crippen molar-refractivity contribution in [1.29, 1.82) is 0 Å². The first-order valence-corrected chi connectivity index (χ1v) is 6.51. The molecule has 0 amide bonds. The van der Waals surface area contributed by atoms with E-state index in [-0.39, 0.29) is 5.41 Å². The molecule has 0 aliphatic heterocycles. The second kappa shape index (κ2) is 4.69. The van der Waals surface area contributed by atoms with E-state index in [1.807, 2.05) is 12.4 Å². The Morgan fingerprint density at radius 3 is 2.56 bits per heavy atom. The fourth-order valence-electron chi connectivity index (χ4n) is 2.24. The lowest BCUT2D eigenvalue weighted by atomic mass is 9.84. The molecule has 2 nitrogen and oxygen atoms in total. The maximum atomic E-state index is 5.73. The molecule has 0 saturated carbocycles. The van der Waals surface area contributed by atoms with Gasteiger partial charge in [-0.15, -0.1) is 0 Å². The molecule has 1 aromatic carbocycles. The van der Waals surface area contributed by atoms with Crippen LogP contribution in [0.25, 0.3) is 10.8 Å². The highest BCUT2D eigenvalue weighted by atomic mass is 14.6. The topological polar surface area (TPSA) is 38.9 Å². The Bertz CT molecular complexity index is 553. The maximum Gasteiger partial charge on any atom is 0.0346 e. The van der Waals surface area contributed by atoms with Crippen LogP contribution in [0, 0.1) is 0 Å². The van der Waals surface area contributed by atoms with E-state index in [0.717, 1.165) is 0 Å². The van der Waals surface area contributed by atoms with Crippen molar-refractivity contribution < 1.29 is 0 Å². The minimum Gasteiger partial charge on any atom is -0.330 e. The van der Waals surface area contributed by atoms with Crippen molar-refractivity contribution in [2.45, 2.75) is 39.0 Å². The zero-order valence-corrected chi connectivity index (χ0v) is 11.7. The molecule has 0 saturated heterocycles. The van der Waals surface area contributed by atoms with Crippen LogP contribution >= 0.6 is 0 Å². The van der Waals surface area contributed by atoms with Gasteiger partial charge in [-0.05, 0) is 40.5 Å². The first-order chi connectivity index (χ1) is 8.43. The smallest absolute Gasteiger partial charge is 0.0346 e. The lowest BCUT2D eigenvalue weighted by Crippen LogP contribution is -2.12. The van der Waals surface area contributed by atoms with Gasteiger partial charge in [0.25, 0.3) is 0 Å². The van der Waals surface area contributed by atoms with Crippen LogP contribution in [0.15, 0.2) is 30.6 Å². The Labute approximate surface area is 109 Å². The Morgan fingerprint density at radius 1 is 1.22 bits per heavy atom. The summed E-state index contributed by atoms with van der Waals surface area (Å²) in [4.78, 5) is 4.37. The van der Waals surface area contributed by atoms with Crippen LogP contribution in [-0.4, -0.2) is 11.5 Å². The van der Waals surface area contributed by atoms with Gasteiger partial charge in [0.15, 0.2) is 0 Å². The quantitative estimate of drug-likeness (QED) is 0.874. The van der Waals surface area contributed by atoms with Crippen LogP contribution in [0.5, 0.6) is 0 Å². The van der Waals surface area contributed by atoms with E-state index in [0.29, 0.717) is 12.5 Å². The van der Waals surface area contributed by atoms with Crippen molar-refractivity contribution >= 4 is 10.8 Å². The molecule has 2 heteroatoms. The summed E-state index contributed by atoms with van der Waals surface area (Å²) in [6, 6.07) is 6.61. The van der Waals surface area contributed by atoms with Crippen molar-refractivity contribution in [3.05, 3.63) is 41.7 Å². The van der Waals surface area contributed by atoms with Crippen LogP contribution in [0.1, 0.15) is 44.7 Å². The zero-order valence-electron chi connectivity index (χ0n) is 11.7. The van der Waals surface area contributed by atoms with Crippen molar-refractivity contribution in [3.8, 4) is 0 Å². The van der Waals surface area contributed by atoms with Crippen LogP contribution in [-0.2, 0) is 5.41 Å². The third-order valence-electron chi connectivity index (χ3n) is 3.51. The summed E-state index contributed by atoms with van der Waals surface area (Å²) in [5.74, 6) is 0.396. The van der Waals surface area contributed by atoms with E-state index in [1.54, 1.807) is 0 Å². The molecule has 2 rings (SSSR count). The van der Waals surface area contributed by atoms with Gasteiger partial charge in [-0.2, -0.15) is 0 Å². The number of aromatic nitrogens is 1. The van der Waals surface area contributed by atoms with Gasteiger partial charge in [0.1, 0.15) is 0 Å². The summed E-state index contributed by atoms with van der Waals surface area (Å²) >= 11 is 0. The van der Waals surface area contributed by atoms with E-state index >= 15 is 0 Å². The van der Waals surface area contributed by atoms with E-state index in [1.165, 1.54) is 21.9 Å². The predicted molar refractivity (Wildman–Crippen MR) is 77.9 cm³/mol. The maximum absolute atomic E-state index is 5.73. The number of hydrogen-bond acceptors (Lipinski definition) is 2. The molecule has 0 radical (unpaired) electrons. The second-order valence-electron chi connectivity index (χ2n) is 6.05. The number of nitrogens with zero attached hydrogens (tertiary/aromatic N) is 1. The van der Waals surface area contributed by atoms with Gasteiger partial charge in [-0.25, -0.2) is 0 Å². The van der Waals surface area contributed by atoms with E-state index < -0.39 is 0 Å². The number of pyridine rings is 1. The van der Waals surface area contributed by atoms with Crippen molar-refractivity contribution in [2.24, 2.45) is 5.73 Å². The SMILES string of the molecule is CC(CN)c1ccc2c(C(C)(C)C)cncc2c1. The second-order valence-corrected chi connectivity index (χ2v) is 6.05. The third-order valence-corrected chi connectivity index (χ3v) is 3.51. The number of fused-ring (bicyclic) bond motifs is 1. The normalized spacial score (nSPS) is 13.8. The molecule has 1 aromatic heterocycles. The monoisotopic (exact) mass is 242 g/mol. The summed E-state index contributed by atoms with van der Waals surface area (Å²) in [7, 11) is 0. The Morgan fingerprint density at radius 2 is 1.94 bits per heavy atom.